The van der Waals surface area contributed by atoms with E-state index in [1.54, 1.807) is 14.0 Å². The molecule has 0 bridgehead atoms. The Morgan fingerprint density at radius 1 is 1.47 bits per heavy atom. The molecule has 1 aromatic heterocycles. The molecule has 0 aliphatic carbocycles. The molecule has 0 amide bonds. The van der Waals surface area contributed by atoms with Crippen molar-refractivity contribution in [2.45, 2.75) is 6.92 Å². The minimum Gasteiger partial charge on any atom is -0.477 e. The molecule has 0 saturated carbocycles. The van der Waals surface area contributed by atoms with E-state index in [9.17, 15) is 4.79 Å². The van der Waals surface area contributed by atoms with Crippen molar-refractivity contribution in [3.8, 4) is 11.3 Å². The number of aryl methyl sites for hydroxylation is 1. The second kappa shape index (κ2) is 4.33. The number of halogens is 1. The lowest BCUT2D eigenvalue weighted by atomic mass is 10.1. The quantitative estimate of drug-likeness (QED) is 0.927. The summed E-state index contributed by atoms with van der Waals surface area (Å²) in [6, 6.07) is 7.64. The third-order valence-corrected chi connectivity index (χ3v) is 3.08. The van der Waals surface area contributed by atoms with Crippen LogP contribution in [-0.4, -0.2) is 20.9 Å². The highest BCUT2D eigenvalue weighted by Crippen LogP contribution is 2.26. The van der Waals surface area contributed by atoms with E-state index in [0.29, 0.717) is 11.3 Å². The number of rotatable bonds is 2. The number of carboxylic acids is 1. The zero-order chi connectivity index (χ0) is 12.6. The zero-order valence-corrected chi connectivity index (χ0v) is 11.0. The molecule has 0 unspecified atom stereocenters. The van der Waals surface area contributed by atoms with Gasteiger partial charge in [0.1, 0.15) is 5.69 Å². The largest absolute Gasteiger partial charge is 0.477 e. The van der Waals surface area contributed by atoms with Gasteiger partial charge in [0, 0.05) is 22.6 Å². The third-order valence-electron chi connectivity index (χ3n) is 2.58. The van der Waals surface area contributed by atoms with Crippen LogP contribution < -0.4 is 0 Å². The summed E-state index contributed by atoms with van der Waals surface area (Å²) in [5, 5.41) is 13.3. The molecular weight excluding hydrogens is 284 g/mol. The minimum absolute atomic E-state index is 0.222. The van der Waals surface area contributed by atoms with Crippen molar-refractivity contribution in [2.75, 3.05) is 0 Å². The van der Waals surface area contributed by atoms with Gasteiger partial charge < -0.3 is 5.11 Å². The van der Waals surface area contributed by atoms with E-state index in [1.807, 2.05) is 24.3 Å². The van der Waals surface area contributed by atoms with Crippen LogP contribution in [0, 0.1) is 6.92 Å². The van der Waals surface area contributed by atoms with Gasteiger partial charge in [0.05, 0.1) is 5.69 Å². The lowest BCUT2D eigenvalue weighted by molar-refractivity contribution is 0.0684. The number of carboxylic acid groups (broad SMARTS) is 1. The molecule has 17 heavy (non-hydrogen) atoms. The van der Waals surface area contributed by atoms with Gasteiger partial charge in [-0.3, -0.25) is 4.68 Å². The van der Waals surface area contributed by atoms with Crippen LogP contribution in [-0.2, 0) is 7.05 Å². The van der Waals surface area contributed by atoms with Crippen LogP contribution in [0.2, 0.25) is 0 Å². The monoisotopic (exact) mass is 294 g/mol. The van der Waals surface area contributed by atoms with Gasteiger partial charge in [-0.1, -0.05) is 28.1 Å². The van der Waals surface area contributed by atoms with Crippen LogP contribution in [0.15, 0.2) is 28.7 Å². The molecule has 88 valence electrons. The first-order chi connectivity index (χ1) is 8.00. The highest BCUT2D eigenvalue weighted by molar-refractivity contribution is 9.10. The molecule has 0 aliphatic rings. The summed E-state index contributed by atoms with van der Waals surface area (Å²) in [5.74, 6) is -0.959. The fourth-order valence-electron chi connectivity index (χ4n) is 1.84. The number of nitrogens with zero attached hydrogens (tertiary/aromatic N) is 2. The van der Waals surface area contributed by atoms with Crippen molar-refractivity contribution in [3.05, 3.63) is 40.0 Å². The summed E-state index contributed by atoms with van der Waals surface area (Å²) >= 11 is 3.39. The van der Waals surface area contributed by atoms with Crippen LogP contribution in [0.3, 0.4) is 0 Å². The SMILES string of the molecule is Cc1c(-c2cccc(Br)c2)nn(C)c1C(=O)O. The Hall–Kier alpha value is -1.62. The van der Waals surface area contributed by atoms with Gasteiger partial charge in [-0.25, -0.2) is 4.79 Å². The molecule has 2 aromatic rings. The van der Waals surface area contributed by atoms with E-state index in [-0.39, 0.29) is 5.69 Å². The summed E-state index contributed by atoms with van der Waals surface area (Å²) in [6.45, 7) is 1.77. The topological polar surface area (TPSA) is 55.1 Å². The smallest absolute Gasteiger partial charge is 0.354 e. The number of benzene rings is 1. The average Bonchev–Trinajstić information content (AvgIpc) is 2.54. The standard InChI is InChI=1S/C12H11BrN2O2/c1-7-10(8-4-3-5-9(13)6-8)14-15(2)11(7)12(16)17/h3-6H,1-2H3,(H,16,17). The molecule has 1 N–H and O–H groups in total. The summed E-state index contributed by atoms with van der Waals surface area (Å²) < 4.78 is 2.34. The Morgan fingerprint density at radius 2 is 2.18 bits per heavy atom. The Bertz CT molecular complexity index is 590. The van der Waals surface area contributed by atoms with Gasteiger partial charge in [-0.05, 0) is 19.1 Å². The molecule has 4 nitrogen and oxygen atoms in total. The molecule has 1 heterocycles. The second-order valence-electron chi connectivity index (χ2n) is 3.76. The Morgan fingerprint density at radius 3 is 2.71 bits per heavy atom. The van der Waals surface area contributed by atoms with E-state index in [0.717, 1.165) is 10.0 Å². The number of hydrogen-bond donors (Lipinski definition) is 1. The van der Waals surface area contributed by atoms with E-state index >= 15 is 0 Å². The molecule has 0 spiro atoms. The van der Waals surface area contributed by atoms with Gasteiger partial charge in [0.25, 0.3) is 0 Å². The zero-order valence-electron chi connectivity index (χ0n) is 9.44. The molecule has 0 aliphatic heterocycles. The van der Waals surface area contributed by atoms with Crippen molar-refractivity contribution in [2.24, 2.45) is 7.05 Å². The van der Waals surface area contributed by atoms with Crippen LogP contribution in [0.4, 0.5) is 0 Å². The summed E-state index contributed by atoms with van der Waals surface area (Å²) in [5.41, 5.74) is 2.50. The van der Waals surface area contributed by atoms with Crippen LogP contribution in [0.5, 0.6) is 0 Å². The number of aromatic nitrogens is 2. The van der Waals surface area contributed by atoms with Crippen molar-refractivity contribution in [3.63, 3.8) is 0 Å². The number of carbonyl (C=O) groups is 1. The average molecular weight is 295 g/mol. The first-order valence-corrected chi connectivity index (χ1v) is 5.83. The summed E-state index contributed by atoms with van der Waals surface area (Å²) in [6.07, 6.45) is 0. The van der Waals surface area contributed by atoms with Crippen LogP contribution in [0.1, 0.15) is 16.1 Å². The maximum absolute atomic E-state index is 11.1. The van der Waals surface area contributed by atoms with Gasteiger partial charge in [0.2, 0.25) is 0 Å². The Labute approximate surface area is 107 Å². The highest BCUT2D eigenvalue weighted by atomic mass is 79.9. The summed E-state index contributed by atoms with van der Waals surface area (Å²) in [7, 11) is 1.64. The van der Waals surface area contributed by atoms with Gasteiger partial charge in [-0.15, -0.1) is 0 Å². The van der Waals surface area contributed by atoms with Crippen LogP contribution >= 0.6 is 15.9 Å². The predicted octanol–water partition coefficient (Wildman–Crippen LogP) is 2.86. The molecule has 0 fully saturated rings. The number of aromatic carboxylic acids is 1. The maximum Gasteiger partial charge on any atom is 0.354 e. The lowest BCUT2D eigenvalue weighted by Gasteiger charge is -1.99. The summed E-state index contributed by atoms with van der Waals surface area (Å²) in [4.78, 5) is 11.1. The van der Waals surface area contributed by atoms with Gasteiger partial charge in [-0.2, -0.15) is 5.10 Å². The molecule has 0 atom stereocenters. The van der Waals surface area contributed by atoms with E-state index in [2.05, 4.69) is 21.0 Å². The van der Waals surface area contributed by atoms with Crippen molar-refractivity contribution >= 4 is 21.9 Å². The lowest BCUT2D eigenvalue weighted by Crippen LogP contribution is -2.06. The minimum atomic E-state index is -0.959. The second-order valence-corrected chi connectivity index (χ2v) is 4.68. The predicted molar refractivity (Wildman–Crippen MR) is 68.0 cm³/mol. The van der Waals surface area contributed by atoms with Crippen molar-refractivity contribution < 1.29 is 9.90 Å². The Kier molecular flexibility index (Phi) is 3.02. The van der Waals surface area contributed by atoms with Gasteiger partial charge >= 0.3 is 5.97 Å². The van der Waals surface area contributed by atoms with E-state index in [1.165, 1.54) is 4.68 Å². The third kappa shape index (κ3) is 2.10. The van der Waals surface area contributed by atoms with Crippen molar-refractivity contribution in [1.82, 2.24) is 9.78 Å². The van der Waals surface area contributed by atoms with Crippen molar-refractivity contribution in [1.29, 1.82) is 0 Å². The number of hydrogen-bond acceptors (Lipinski definition) is 2. The molecule has 0 saturated heterocycles. The normalized spacial score (nSPS) is 10.5. The van der Waals surface area contributed by atoms with Crippen LogP contribution in [0.25, 0.3) is 11.3 Å². The molecule has 5 heteroatoms. The highest BCUT2D eigenvalue weighted by Gasteiger charge is 2.18. The molecule has 1 aromatic carbocycles. The maximum atomic E-state index is 11.1. The first-order valence-electron chi connectivity index (χ1n) is 5.03. The molecule has 2 rings (SSSR count). The molecular formula is C12H11BrN2O2. The first kappa shape index (κ1) is 11.9. The molecule has 0 radical (unpaired) electrons. The van der Waals surface area contributed by atoms with Gasteiger partial charge in [0.15, 0.2) is 0 Å². The fraction of sp³-hybridized carbons (Fsp3) is 0.167. The van der Waals surface area contributed by atoms with E-state index < -0.39 is 5.97 Å². The fourth-order valence-corrected chi connectivity index (χ4v) is 2.24. The Balaban J connectivity index is 2.62. The van der Waals surface area contributed by atoms with E-state index in [4.69, 9.17) is 5.11 Å².